The van der Waals surface area contributed by atoms with Gasteiger partial charge in [-0.1, -0.05) is 0 Å². The minimum Gasteiger partial charge on any atom is -0.368 e. The lowest BCUT2D eigenvalue weighted by molar-refractivity contribution is 0.397. The molecule has 0 radical (unpaired) electrons. The van der Waals surface area contributed by atoms with Crippen molar-refractivity contribution in [3.63, 3.8) is 0 Å². The van der Waals surface area contributed by atoms with Gasteiger partial charge >= 0.3 is 0 Å². The highest BCUT2D eigenvalue weighted by Crippen LogP contribution is 2.34. The molecule has 2 heterocycles. The summed E-state index contributed by atoms with van der Waals surface area (Å²) in [6, 6.07) is 2.35. The minimum atomic E-state index is -0.645. The molecule has 0 saturated carbocycles. The van der Waals surface area contributed by atoms with Crippen molar-refractivity contribution in [2.75, 3.05) is 6.61 Å². The van der Waals surface area contributed by atoms with Gasteiger partial charge < -0.3 is 4.74 Å². The molecule has 0 amide bonds. The third-order valence-corrected chi connectivity index (χ3v) is 2.33. The highest BCUT2D eigenvalue weighted by Gasteiger charge is 2.31. The van der Waals surface area contributed by atoms with Gasteiger partial charge in [-0.2, -0.15) is 0 Å². The molecule has 82 valence electrons. The van der Waals surface area contributed by atoms with Gasteiger partial charge in [-0.3, -0.25) is 0 Å². The predicted octanol–water partition coefficient (Wildman–Crippen LogP) is 1.01. The normalized spacial score (nSPS) is 18.8. The summed E-state index contributed by atoms with van der Waals surface area (Å²) in [4.78, 5) is 0. The van der Waals surface area contributed by atoms with E-state index in [0.717, 1.165) is 0 Å². The number of hydrogen-bond donors (Lipinski definition) is 0. The molecule has 0 aliphatic carbocycles. The third-order valence-electron chi connectivity index (χ3n) is 2.33. The maximum Gasteiger partial charge on any atom is 0.143 e. The SMILES string of the molecule is Fc1cc(-n2cnnn2)cc(F)c1[C@H]1CO1. The van der Waals surface area contributed by atoms with Crippen molar-refractivity contribution in [3.05, 3.63) is 35.7 Å². The number of nitrogens with zero attached hydrogens (tertiary/aromatic N) is 4. The van der Waals surface area contributed by atoms with Crippen LogP contribution in [0.3, 0.4) is 0 Å². The molecule has 1 aliphatic heterocycles. The molecular formula is C9H6F2N4O. The zero-order valence-corrected chi connectivity index (χ0v) is 7.97. The second-order valence-electron chi connectivity index (χ2n) is 3.40. The van der Waals surface area contributed by atoms with Gasteiger partial charge in [0.25, 0.3) is 0 Å². The van der Waals surface area contributed by atoms with Gasteiger partial charge in [-0.15, -0.1) is 5.10 Å². The maximum absolute atomic E-state index is 13.6. The van der Waals surface area contributed by atoms with Crippen LogP contribution in [0.1, 0.15) is 11.7 Å². The van der Waals surface area contributed by atoms with Gasteiger partial charge in [0.05, 0.1) is 17.9 Å². The number of epoxide rings is 1. The van der Waals surface area contributed by atoms with Crippen molar-refractivity contribution < 1.29 is 13.5 Å². The van der Waals surface area contributed by atoms with E-state index in [2.05, 4.69) is 15.5 Å². The number of halogens is 2. The van der Waals surface area contributed by atoms with Crippen LogP contribution < -0.4 is 0 Å². The molecule has 0 bridgehead atoms. The molecule has 1 aromatic heterocycles. The van der Waals surface area contributed by atoms with Crippen molar-refractivity contribution >= 4 is 0 Å². The Hall–Kier alpha value is -1.89. The monoisotopic (exact) mass is 224 g/mol. The molecule has 16 heavy (non-hydrogen) atoms. The van der Waals surface area contributed by atoms with Gasteiger partial charge in [0.15, 0.2) is 0 Å². The Kier molecular flexibility index (Phi) is 1.93. The van der Waals surface area contributed by atoms with Crippen molar-refractivity contribution in [3.8, 4) is 5.69 Å². The van der Waals surface area contributed by atoms with Crippen LogP contribution in [-0.2, 0) is 4.74 Å². The zero-order chi connectivity index (χ0) is 11.1. The second-order valence-corrected chi connectivity index (χ2v) is 3.40. The summed E-state index contributed by atoms with van der Waals surface area (Å²) >= 11 is 0. The highest BCUT2D eigenvalue weighted by molar-refractivity contribution is 5.37. The highest BCUT2D eigenvalue weighted by atomic mass is 19.1. The number of hydrogen-bond acceptors (Lipinski definition) is 4. The molecule has 1 saturated heterocycles. The van der Waals surface area contributed by atoms with Crippen LogP contribution in [0, 0.1) is 11.6 Å². The fourth-order valence-corrected chi connectivity index (χ4v) is 1.51. The molecule has 7 heteroatoms. The Morgan fingerprint density at radius 2 is 2.00 bits per heavy atom. The van der Waals surface area contributed by atoms with E-state index < -0.39 is 17.7 Å². The Bertz CT molecular complexity index is 501. The average Bonchev–Trinajstić information content (AvgIpc) is 2.92. The molecule has 3 rings (SSSR count). The smallest absolute Gasteiger partial charge is 0.143 e. The molecule has 0 N–H and O–H groups in total. The van der Waals surface area contributed by atoms with Gasteiger partial charge in [0.2, 0.25) is 0 Å². The van der Waals surface area contributed by atoms with Crippen molar-refractivity contribution in [2.24, 2.45) is 0 Å². The topological polar surface area (TPSA) is 56.1 Å². The van der Waals surface area contributed by atoms with Crippen molar-refractivity contribution in [2.45, 2.75) is 6.10 Å². The van der Waals surface area contributed by atoms with Crippen LogP contribution in [-0.4, -0.2) is 26.8 Å². The van der Waals surface area contributed by atoms with Crippen LogP contribution in [0.4, 0.5) is 8.78 Å². The van der Waals surface area contributed by atoms with Gasteiger partial charge in [-0.25, -0.2) is 13.5 Å². The lowest BCUT2D eigenvalue weighted by Gasteiger charge is -2.04. The van der Waals surface area contributed by atoms with Crippen LogP contribution in [0.15, 0.2) is 18.5 Å². The van der Waals surface area contributed by atoms with E-state index in [4.69, 9.17) is 4.74 Å². The van der Waals surface area contributed by atoms with Crippen LogP contribution in [0.5, 0.6) is 0 Å². The van der Waals surface area contributed by atoms with E-state index in [1.54, 1.807) is 0 Å². The predicted molar refractivity (Wildman–Crippen MR) is 47.8 cm³/mol. The summed E-state index contributed by atoms with van der Waals surface area (Å²) in [6.07, 6.45) is 0.810. The van der Waals surface area contributed by atoms with Crippen molar-refractivity contribution in [1.82, 2.24) is 20.2 Å². The lowest BCUT2D eigenvalue weighted by Crippen LogP contribution is -2.01. The summed E-state index contributed by atoms with van der Waals surface area (Å²) in [5.41, 5.74) is 0.209. The van der Waals surface area contributed by atoms with Crippen molar-refractivity contribution in [1.29, 1.82) is 0 Å². The molecule has 1 aliphatic rings. The molecular weight excluding hydrogens is 218 g/mol. The minimum absolute atomic E-state index is 0.0307. The number of rotatable bonds is 2. The number of ether oxygens (including phenoxy) is 1. The van der Waals surface area contributed by atoms with E-state index in [9.17, 15) is 8.78 Å². The summed E-state index contributed by atoms with van der Waals surface area (Å²) in [5, 5.41) is 10.3. The van der Waals surface area contributed by atoms with Gasteiger partial charge in [0, 0.05) is 12.1 Å². The van der Waals surface area contributed by atoms with E-state index in [1.165, 1.54) is 23.1 Å². The largest absolute Gasteiger partial charge is 0.368 e. The Labute approximate surface area is 88.6 Å². The Morgan fingerprint density at radius 1 is 1.31 bits per heavy atom. The Morgan fingerprint density at radius 3 is 2.50 bits per heavy atom. The molecule has 0 unspecified atom stereocenters. The quantitative estimate of drug-likeness (QED) is 0.714. The zero-order valence-electron chi connectivity index (χ0n) is 7.97. The van der Waals surface area contributed by atoms with Crippen LogP contribution in [0.2, 0.25) is 0 Å². The van der Waals surface area contributed by atoms with E-state index in [1.807, 2.05) is 0 Å². The average molecular weight is 224 g/mol. The summed E-state index contributed by atoms with van der Waals surface area (Å²) in [5.74, 6) is -1.29. The Balaban J connectivity index is 2.09. The molecule has 1 atom stereocenters. The fraction of sp³-hybridized carbons (Fsp3) is 0.222. The standard InChI is InChI=1S/C9H6F2N4O/c10-6-1-5(15-4-12-13-14-15)2-7(11)9(6)8-3-16-8/h1-2,4,8H,3H2/t8-/m1/s1. The molecule has 2 aromatic rings. The lowest BCUT2D eigenvalue weighted by atomic mass is 10.1. The number of aromatic nitrogens is 4. The molecule has 1 fully saturated rings. The third kappa shape index (κ3) is 1.45. The van der Waals surface area contributed by atoms with E-state index in [-0.39, 0.29) is 11.3 Å². The van der Waals surface area contributed by atoms with E-state index in [0.29, 0.717) is 6.61 Å². The first-order valence-electron chi connectivity index (χ1n) is 4.59. The van der Waals surface area contributed by atoms with Gasteiger partial charge in [0.1, 0.15) is 24.1 Å². The van der Waals surface area contributed by atoms with Gasteiger partial charge in [-0.05, 0) is 10.4 Å². The van der Waals surface area contributed by atoms with Crippen LogP contribution in [0.25, 0.3) is 5.69 Å². The fourth-order valence-electron chi connectivity index (χ4n) is 1.51. The van der Waals surface area contributed by atoms with Crippen LogP contribution >= 0.6 is 0 Å². The number of tetrazole rings is 1. The first kappa shape index (κ1) is 9.34. The molecule has 1 aromatic carbocycles. The molecule has 0 spiro atoms. The summed E-state index contributed by atoms with van der Waals surface area (Å²) in [7, 11) is 0. The first-order valence-corrected chi connectivity index (χ1v) is 4.59. The summed E-state index contributed by atoms with van der Waals surface area (Å²) < 4.78 is 33.2. The first-order chi connectivity index (χ1) is 7.75. The summed E-state index contributed by atoms with van der Waals surface area (Å²) in [6.45, 7) is 0.359. The maximum atomic E-state index is 13.6. The van der Waals surface area contributed by atoms with E-state index >= 15 is 0 Å². The molecule has 5 nitrogen and oxygen atoms in total. The second kappa shape index (κ2) is 3.31. The number of benzene rings is 1.